The first kappa shape index (κ1) is 15.6. The van der Waals surface area contributed by atoms with Crippen molar-refractivity contribution in [1.29, 1.82) is 0 Å². The SMILES string of the molecule is O=c1ccc(-c2ccncc2)nn1CC1CCCN1Cc1ncno1. The molecule has 4 heterocycles. The van der Waals surface area contributed by atoms with Crippen LogP contribution in [0.4, 0.5) is 0 Å². The van der Waals surface area contributed by atoms with Crippen molar-refractivity contribution >= 4 is 0 Å². The molecule has 0 aliphatic carbocycles. The van der Waals surface area contributed by atoms with E-state index in [1.165, 1.54) is 6.33 Å². The van der Waals surface area contributed by atoms with Gasteiger partial charge in [0.05, 0.1) is 18.8 Å². The van der Waals surface area contributed by atoms with E-state index in [1.54, 1.807) is 29.2 Å². The third-order valence-corrected chi connectivity index (χ3v) is 4.47. The normalized spacial score (nSPS) is 17.8. The van der Waals surface area contributed by atoms with Crippen LogP contribution < -0.4 is 5.56 Å². The van der Waals surface area contributed by atoms with E-state index < -0.39 is 0 Å². The standard InChI is InChI=1S/C17H18N6O2/c24-17-4-3-15(13-5-7-18-8-6-13)21-23(17)10-14-2-1-9-22(14)11-16-19-12-20-25-16/h3-8,12,14H,1-2,9-11H2. The zero-order valence-corrected chi connectivity index (χ0v) is 13.7. The van der Waals surface area contributed by atoms with Crippen LogP contribution in [0.2, 0.25) is 0 Å². The summed E-state index contributed by atoms with van der Waals surface area (Å²) in [7, 11) is 0. The van der Waals surface area contributed by atoms with Crippen LogP contribution in [0.5, 0.6) is 0 Å². The fourth-order valence-electron chi connectivity index (χ4n) is 3.21. The largest absolute Gasteiger partial charge is 0.338 e. The molecule has 1 aliphatic rings. The molecular weight excluding hydrogens is 320 g/mol. The van der Waals surface area contributed by atoms with Gasteiger partial charge in [-0.15, -0.1) is 0 Å². The van der Waals surface area contributed by atoms with Gasteiger partial charge in [-0.05, 0) is 37.6 Å². The minimum absolute atomic E-state index is 0.0950. The molecule has 1 fully saturated rings. The highest BCUT2D eigenvalue weighted by Gasteiger charge is 2.27. The van der Waals surface area contributed by atoms with E-state index in [4.69, 9.17) is 4.52 Å². The molecule has 0 bridgehead atoms. The molecule has 1 aliphatic heterocycles. The number of likely N-dealkylation sites (tertiary alicyclic amines) is 1. The first-order valence-electron chi connectivity index (χ1n) is 8.28. The van der Waals surface area contributed by atoms with Crippen LogP contribution in [0.3, 0.4) is 0 Å². The molecule has 128 valence electrons. The molecule has 8 nitrogen and oxygen atoms in total. The first-order valence-corrected chi connectivity index (χ1v) is 8.28. The second-order valence-corrected chi connectivity index (χ2v) is 6.08. The van der Waals surface area contributed by atoms with Crippen molar-refractivity contribution in [1.82, 2.24) is 29.8 Å². The average molecular weight is 338 g/mol. The molecule has 3 aromatic rings. The van der Waals surface area contributed by atoms with Gasteiger partial charge >= 0.3 is 0 Å². The molecule has 1 saturated heterocycles. The van der Waals surface area contributed by atoms with Crippen LogP contribution in [0.1, 0.15) is 18.7 Å². The van der Waals surface area contributed by atoms with Crippen molar-refractivity contribution in [2.24, 2.45) is 0 Å². The summed E-state index contributed by atoms with van der Waals surface area (Å²) in [5.74, 6) is 0.595. The summed E-state index contributed by atoms with van der Waals surface area (Å²) < 4.78 is 6.65. The van der Waals surface area contributed by atoms with Gasteiger partial charge in [0.2, 0.25) is 5.89 Å². The lowest BCUT2D eigenvalue weighted by molar-refractivity contribution is 0.190. The van der Waals surface area contributed by atoms with Crippen LogP contribution in [-0.2, 0) is 13.1 Å². The Labute approximate surface area is 144 Å². The van der Waals surface area contributed by atoms with Crippen LogP contribution in [0.15, 0.2) is 52.3 Å². The van der Waals surface area contributed by atoms with E-state index in [0.717, 1.165) is 30.6 Å². The lowest BCUT2D eigenvalue weighted by Gasteiger charge is -2.23. The molecule has 0 saturated carbocycles. The molecule has 4 rings (SSSR count). The zero-order chi connectivity index (χ0) is 17.1. The summed E-state index contributed by atoms with van der Waals surface area (Å²) in [5.41, 5.74) is 1.61. The van der Waals surface area contributed by atoms with Crippen molar-refractivity contribution in [2.75, 3.05) is 6.54 Å². The molecular formula is C17H18N6O2. The molecule has 0 amide bonds. The van der Waals surface area contributed by atoms with E-state index in [0.29, 0.717) is 19.0 Å². The topological polar surface area (TPSA) is 89.9 Å². The van der Waals surface area contributed by atoms with E-state index in [-0.39, 0.29) is 11.6 Å². The van der Waals surface area contributed by atoms with Crippen molar-refractivity contribution in [3.63, 3.8) is 0 Å². The number of aromatic nitrogens is 5. The summed E-state index contributed by atoms with van der Waals surface area (Å²) in [6.07, 6.45) is 6.94. The third-order valence-electron chi connectivity index (χ3n) is 4.47. The molecule has 25 heavy (non-hydrogen) atoms. The van der Waals surface area contributed by atoms with Gasteiger partial charge in [0.1, 0.15) is 0 Å². The Balaban J connectivity index is 1.54. The molecule has 3 aromatic heterocycles. The highest BCUT2D eigenvalue weighted by Crippen LogP contribution is 2.21. The maximum Gasteiger partial charge on any atom is 0.266 e. The quantitative estimate of drug-likeness (QED) is 0.693. The average Bonchev–Trinajstić information content (AvgIpc) is 3.31. The smallest absolute Gasteiger partial charge is 0.266 e. The lowest BCUT2D eigenvalue weighted by atomic mass is 10.2. The molecule has 0 aromatic carbocycles. The molecule has 1 atom stereocenters. The van der Waals surface area contributed by atoms with Crippen LogP contribution >= 0.6 is 0 Å². The third kappa shape index (κ3) is 3.48. The highest BCUT2D eigenvalue weighted by molar-refractivity contribution is 5.56. The number of nitrogens with zero attached hydrogens (tertiary/aromatic N) is 6. The van der Waals surface area contributed by atoms with Crippen LogP contribution in [-0.4, -0.2) is 42.4 Å². The fourth-order valence-corrected chi connectivity index (χ4v) is 3.21. The Hall–Kier alpha value is -2.87. The van der Waals surface area contributed by atoms with E-state index in [9.17, 15) is 4.79 Å². The Bertz CT molecular complexity index is 878. The molecule has 0 N–H and O–H groups in total. The van der Waals surface area contributed by atoms with E-state index in [1.807, 2.05) is 12.1 Å². The van der Waals surface area contributed by atoms with Crippen LogP contribution in [0, 0.1) is 0 Å². The molecule has 1 unspecified atom stereocenters. The van der Waals surface area contributed by atoms with Crippen molar-refractivity contribution in [3.8, 4) is 11.3 Å². The summed E-state index contributed by atoms with van der Waals surface area (Å²) in [6.45, 7) is 2.10. The summed E-state index contributed by atoms with van der Waals surface area (Å²) in [4.78, 5) is 22.6. The van der Waals surface area contributed by atoms with Gasteiger partial charge in [-0.25, -0.2) is 4.68 Å². The van der Waals surface area contributed by atoms with Gasteiger partial charge in [-0.3, -0.25) is 14.7 Å². The summed E-state index contributed by atoms with van der Waals surface area (Å²) in [5, 5.41) is 8.18. The molecule has 0 spiro atoms. The van der Waals surface area contributed by atoms with Gasteiger partial charge < -0.3 is 4.52 Å². The predicted molar refractivity (Wildman–Crippen MR) is 89.5 cm³/mol. The Morgan fingerprint density at radius 3 is 2.88 bits per heavy atom. The van der Waals surface area contributed by atoms with Gasteiger partial charge in [0.15, 0.2) is 6.33 Å². The fraction of sp³-hybridized carbons (Fsp3) is 0.353. The van der Waals surface area contributed by atoms with Crippen LogP contribution in [0.25, 0.3) is 11.3 Å². The van der Waals surface area contributed by atoms with Gasteiger partial charge in [0.25, 0.3) is 5.56 Å². The number of pyridine rings is 1. The number of rotatable bonds is 5. The highest BCUT2D eigenvalue weighted by atomic mass is 16.5. The van der Waals surface area contributed by atoms with Crippen molar-refractivity contribution in [2.45, 2.75) is 32.0 Å². The van der Waals surface area contributed by atoms with Crippen molar-refractivity contribution in [3.05, 3.63) is 59.2 Å². The number of hydrogen-bond donors (Lipinski definition) is 0. The maximum atomic E-state index is 12.2. The van der Waals surface area contributed by atoms with Gasteiger partial charge in [-0.2, -0.15) is 10.1 Å². The molecule has 8 heteroatoms. The monoisotopic (exact) mass is 338 g/mol. The van der Waals surface area contributed by atoms with E-state index >= 15 is 0 Å². The van der Waals surface area contributed by atoms with Crippen molar-refractivity contribution < 1.29 is 4.52 Å². The molecule has 0 radical (unpaired) electrons. The first-order chi connectivity index (χ1) is 12.3. The summed E-state index contributed by atoms with van der Waals surface area (Å²) in [6, 6.07) is 7.31. The lowest BCUT2D eigenvalue weighted by Crippen LogP contribution is -2.36. The minimum Gasteiger partial charge on any atom is -0.338 e. The minimum atomic E-state index is -0.0950. The summed E-state index contributed by atoms with van der Waals surface area (Å²) >= 11 is 0. The zero-order valence-electron chi connectivity index (χ0n) is 13.7. The number of hydrogen-bond acceptors (Lipinski definition) is 7. The second-order valence-electron chi connectivity index (χ2n) is 6.08. The van der Waals surface area contributed by atoms with Gasteiger partial charge in [-0.1, -0.05) is 5.16 Å². The van der Waals surface area contributed by atoms with Gasteiger partial charge in [0, 0.05) is 30.1 Å². The maximum absolute atomic E-state index is 12.2. The second kappa shape index (κ2) is 6.94. The Kier molecular flexibility index (Phi) is 4.34. The predicted octanol–water partition coefficient (Wildman–Crippen LogP) is 1.35. The Morgan fingerprint density at radius 2 is 2.08 bits per heavy atom. The van der Waals surface area contributed by atoms with E-state index in [2.05, 4.69) is 25.1 Å². The Morgan fingerprint density at radius 1 is 1.20 bits per heavy atom.